The summed E-state index contributed by atoms with van der Waals surface area (Å²) >= 11 is 0. The molecule has 72 valence electrons. The van der Waals surface area contributed by atoms with Crippen LogP contribution in [0.5, 0.6) is 0 Å². The van der Waals surface area contributed by atoms with E-state index in [1.54, 1.807) is 20.8 Å². The van der Waals surface area contributed by atoms with E-state index in [0.717, 1.165) is 4.73 Å². The van der Waals surface area contributed by atoms with Crippen molar-refractivity contribution in [1.82, 2.24) is 4.73 Å². The molecule has 0 unspecified atom stereocenters. The minimum Gasteiger partial charge on any atom is -0.428 e. The molecule has 0 radical (unpaired) electrons. The highest BCUT2D eigenvalue weighted by Crippen LogP contribution is 2.09. The first-order valence-corrected chi connectivity index (χ1v) is 4.41. The fraction of sp³-hybridized carbons (Fsp3) is 0.500. The highest BCUT2D eigenvalue weighted by Gasteiger charge is 2.11. The lowest BCUT2D eigenvalue weighted by Crippen LogP contribution is -2.21. The first-order valence-electron chi connectivity index (χ1n) is 4.41. The summed E-state index contributed by atoms with van der Waals surface area (Å²) in [6.45, 7) is 7.15. The van der Waals surface area contributed by atoms with E-state index in [-0.39, 0.29) is 5.43 Å². The Morgan fingerprint density at radius 1 is 1.23 bits per heavy atom. The van der Waals surface area contributed by atoms with Crippen LogP contribution in [0.15, 0.2) is 4.79 Å². The minimum atomic E-state index is 0.0413. The van der Waals surface area contributed by atoms with Crippen LogP contribution in [0.2, 0.25) is 0 Å². The van der Waals surface area contributed by atoms with Crippen LogP contribution in [-0.4, -0.2) is 9.94 Å². The van der Waals surface area contributed by atoms with E-state index in [0.29, 0.717) is 28.9 Å². The quantitative estimate of drug-likeness (QED) is 0.668. The lowest BCUT2D eigenvalue weighted by atomic mass is 10.1. The molecular weight excluding hydrogens is 166 g/mol. The number of rotatable bonds is 1. The third kappa shape index (κ3) is 1.34. The average molecular weight is 181 g/mol. The zero-order valence-electron chi connectivity index (χ0n) is 8.51. The average Bonchev–Trinajstić information content (AvgIpc) is 2.13. The van der Waals surface area contributed by atoms with Gasteiger partial charge in [-0.2, -0.15) is 4.73 Å². The molecule has 0 aromatic carbocycles. The maximum atomic E-state index is 11.6. The zero-order chi connectivity index (χ0) is 10.2. The van der Waals surface area contributed by atoms with Gasteiger partial charge in [0.15, 0.2) is 5.43 Å². The Bertz CT molecular complexity index is 391. The van der Waals surface area contributed by atoms with Gasteiger partial charge in [0.05, 0.1) is 11.4 Å². The highest BCUT2D eigenvalue weighted by atomic mass is 16.5. The van der Waals surface area contributed by atoms with Gasteiger partial charge in [0.2, 0.25) is 0 Å². The van der Waals surface area contributed by atoms with Crippen molar-refractivity contribution < 1.29 is 5.21 Å². The molecule has 0 bridgehead atoms. The van der Waals surface area contributed by atoms with Crippen molar-refractivity contribution in [2.24, 2.45) is 0 Å². The predicted octanol–water partition coefficient (Wildman–Crippen LogP) is 1.57. The second kappa shape index (κ2) is 3.24. The maximum Gasteiger partial charge on any atom is 0.188 e. The third-order valence-corrected chi connectivity index (χ3v) is 2.57. The Morgan fingerprint density at radius 3 is 2.23 bits per heavy atom. The topological polar surface area (TPSA) is 42.2 Å². The van der Waals surface area contributed by atoms with Crippen LogP contribution in [0.4, 0.5) is 0 Å². The van der Waals surface area contributed by atoms with Gasteiger partial charge in [-0.3, -0.25) is 4.79 Å². The van der Waals surface area contributed by atoms with Crippen molar-refractivity contribution in [2.75, 3.05) is 0 Å². The summed E-state index contributed by atoms with van der Waals surface area (Å²) in [7, 11) is 0. The largest absolute Gasteiger partial charge is 0.428 e. The van der Waals surface area contributed by atoms with Crippen molar-refractivity contribution in [3.8, 4) is 0 Å². The standard InChI is InChI=1S/C10H15NO2/c1-5-9-7(3)10(12)6(2)8(4)11(9)13/h13H,5H2,1-4H3. The van der Waals surface area contributed by atoms with Crippen molar-refractivity contribution in [2.45, 2.75) is 34.1 Å². The summed E-state index contributed by atoms with van der Waals surface area (Å²) < 4.78 is 1.12. The maximum absolute atomic E-state index is 11.6. The van der Waals surface area contributed by atoms with Crippen LogP contribution in [-0.2, 0) is 6.42 Å². The van der Waals surface area contributed by atoms with Crippen LogP contribution in [0, 0.1) is 20.8 Å². The van der Waals surface area contributed by atoms with Gasteiger partial charge in [-0.25, -0.2) is 0 Å². The molecule has 0 spiro atoms. The number of nitrogens with zero attached hydrogens (tertiary/aromatic N) is 1. The molecular formula is C10H15NO2. The Morgan fingerprint density at radius 2 is 1.77 bits per heavy atom. The Labute approximate surface area is 77.6 Å². The molecule has 0 atom stereocenters. The van der Waals surface area contributed by atoms with Gasteiger partial charge in [0, 0.05) is 11.1 Å². The molecule has 0 fully saturated rings. The Hall–Kier alpha value is -1.25. The van der Waals surface area contributed by atoms with E-state index in [9.17, 15) is 10.0 Å². The van der Waals surface area contributed by atoms with Gasteiger partial charge in [-0.15, -0.1) is 0 Å². The molecule has 1 aromatic heterocycles. The molecule has 1 N–H and O–H groups in total. The summed E-state index contributed by atoms with van der Waals surface area (Å²) in [5, 5.41) is 9.66. The van der Waals surface area contributed by atoms with Gasteiger partial charge >= 0.3 is 0 Å². The van der Waals surface area contributed by atoms with Gasteiger partial charge in [0.25, 0.3) is 0 Å². The monoisotopic (exact) mass is 181 g/mol. The Balaban J connectivity index is 3.67. The molecule has 0 aliphatic carbocycles. The van der Waals surface area contributed by atoms with Crippen LogP contribution in [0.3, 0.4) is 0 Å². The zero-order valence-corrected chi connectivity index (χ0v) is 8.51. The lowest BCUT2D eigenvalue weighted by Gasteiger charge is -2.13. The summed E-state index contributed by atoms with van der Waals surface area (Å²) in [6.07, 6.45) is 0.665. The lowest BCUT2D eigenvalue weighted by molar-refractivity contribution is 0.167. The molecule has 0 saturated carbocycles. The van der Waals surface area contributed by atoms with Crippen molar-refractivity contribution in [3.05, 3.63) is 32.7 Å². The SMILES string of the molecule is CCc1c(C)c(=O)c(C)c(C)n1O. The summed E-state index contributed by atoms with van der Waals surface area (Å²) in [4.78, 5) is 11.6. The molecule has 1 aromatic rings. The van der Waals surface area contributed by atoms with Crippen LogP contribution >= 0.6 is 0 Å². The molecule has 13 heavy (non-hydrogen) atoms. The van der Waals surface area contributed by atoms with Gasteiger partial charge < -0.3 is 5.21 Å². The van der Waals surface area contributed by atoms with E-state index in [1.807, 2.05) is 6.92 Å². The summed E-state index contributed by atoms with van der Waals surface area (Å²) in [5.74, 6) is 0. The van der Waals surface area contributed by atoms with Crippen molar-refractivity contribution in [3.63, 3.8) is 0 Å². The predicted molar refractivity (Wildman–Crippen MR) is 51.5 cm³/mol. The summed E-state index contributed by atoms with van der Waals surface area (Å²) in [6, 6.07) is 0. The van der Waals surface area contributed by atoms with E-state index < -0.39 is 0 Å². The van der Waals surface area contributed by atoms with E-state index >= 15 is 0 Å². The van der Waals surface area contributed by atoms with Crippen molar-refractivity contribution >= 4 is 0 Å². The molecule has 3 heteroatoms. The number of pyridine rings is 1. The van der Waals surface area contributed by atoms with E-state index in [1.165, 1.54) is 0 Å². The molecule has 0 aliphatic rings. The van der Waals surface area contributed by atoms with E-state index in [4.69, 9.17) is 0 Å². The fourth-order valence-corrected chi connectivity index (χ4v) is 1.51. The van der Waals surface area contributed by atoms with Gasteiger partial charge in [-0.1, -0.05) is 6.92 Å². The molecule has 3 nitrogen and oxygen atoms in total. The minimum absolute atomic E-state index is 0.0413. The third-order valence-electron chi connectivity index (χ3n) is 2.57. The smallest absolute Gasteiger partial charge is 0.188 e. The normalized spacial score (nSPS) is 10.5. The van der Waals surface area contributed by atoms with E-state index in [2.05, 4.69) is 0 Å². The van der Waals surface area contributed by atoms with Crippen LogP contribution < -0.4 is 5.43 Å². The first-order chi connectivity index (χ1) is 6.00. The van der Waals surface area contributed by atoms with Gasteiger partial charge in [0.1, 0.15) is 0 Å². The van der Waals surface area contributed by atoms with Crippen LogP contribution in [0.1, 0.15) is 29.4 Å². The molecule has 1 rings (SSSR count). The number of hydrogen-bond acceptors (Lipinski definition) is 2. The second-order valence-electron chi connectivity index (χ2n) is 3.28. The second-order valence-corrected chi connectivity index (χ2v) is 3.28. The fourth-order valence-electron chi connectivity index (χ4n) is 1.51. The first kappa shape index (κ1) is 9.84. The van der Waals surface area contributed by atoms with Crippen molar-refractivity contribution in [1.29, 1.82) is 0 Å². The Kier molecular flexibility index (Phi) is 2.45. The van der Waals surface area contributed by atoms with Gasteiger partial charge in [-0.05, 0) is 27.2 Å². The highest BCUT2D eigenvalue weighted by molar-refractivity contribution is 5.29. The number of hydrogen-bond donors (Lipinski definition) is 1. The summed E-state index contributed by atoms with van der Waals surface area (Å²) in [5.41, 5.74) is 2.64. The molecule has 1 heterocycles. The van der Waals surface area contributed by atoms with Crippen LogP contribution in [0.25, 0.3) is 0 Å². The number of aromatic nitrogens is 1. The molecule has 0 aliphatic heterocycles. The molecule has 0 saturated heterocycles. The molecule has 0 amide bonds.